The van der Waals surface area contributed by atoms with E-state index in [4.69, 9.17) is 0 Å². The number of aromatic nitrogens is 4. The second kappa shape index (κ2) is 7.36. The molecular weight excluding hydrogens is 354 g/mol. The lowest BCUT2D eigenvalue weighted by Crippen LogP contribution is -2.13. The quantitative estimate of drug-likeness (QED) is 0.537. The lowest BCUT2D eigenvalue weighted by molar-refractivity contribution is 0.101. The number of benzene rings is 2. The number of carbonyl (C=O) groups is 1. The summed E-state index contributed by atoms with van der Waals surface area (Å²) in [6, 6.07) is 18.4. The van der Waals surface area contributed by atoms with Crippen LogP contribution in [0.2, 0.25) is 0 Å². The minimum absolute atomic E-state index is 0.0639. The van der Waals surface area contributed by atoms with Crippen molar-refractivity contribution in [1.29, 1.82) is 0 Å². The molecule has 0 saturated heterocycles. The second-order valence-corrected chi connectivity index (χ2v) is 6.22. The summed E-state index contributed by atoms with van der Waals surface area (Å²) >= 11 is 0. The highest BCUT2D eigenvalue weighted by atomic mass is 16.2. The summed E-state index contributed by atoms with van der Waals surface area (Å²) < 4.78 is 1.55. The van der Waals surface area contributed by atoms with Gasteiger partial charge in [-0.1, -0.05) is 18.2 Å². The molecule has 0 bridgehead atoms. The number of azo groups is 1. The number of nitrogens with zero attached hydrogens (tertiary/aromatic N) is 6. The molecule has 0 aliphatic heterocycles. The molecule has 0 spiro atoms. The number of aryl methyl sites for hydroxylation is 2. The molecule has 138 valence electrons. The van der Waals surface area contributed by atoms with Gasteiger partial charge in [0.25, 0.3) is 11.7 Å². The van der Waals surface area contributed by atoms with Gasteiger partial charge in [0.2, 0.25) is 5.82 Å². The van der Waals surface area contributed by atoms with Crippen molar-refractivity contribution in [2.75, 3.05) is 5.32 Å². The van der Waals surface area contributed by atoms with E-state index in [1.54, 1.807) is 28.8 Å². The Balaban J connectivity index is 1.47. The Kier molecular flexibility index (Phi) is 4.59. The number of carbonyl (C=O) groups excluding carboxylic acids is 1. The number of hydrogen-bond acceptors (Lipinski definition) is 6. The van der Waals surface area contributed by atoms with E-state index >= 15 is 0 Å². The number of fused-ring (bicyclic) bond motifs is 1. The molecule has 0 aliphatic rings. The van der Waals surface area contributed by atoms with Gasteiger partial charge in [-0.3, -0.25) is 4.79 Å². The lowest BCUT2D eigenvalue weighted by atomic mass is 10.3. The monoisotopic (exact) mass is 371 g/mol. The Labute approximate surface area is 161 Å². The molecule has 0 unspecified atom stereocenters. The molecule has 8 nitrogen and oxygen atoms in total. The summed E-state index contributed by atoms with van der Waals surface area (Å²) in [7, 11) is 0. The van der Waals surface area contributed by atoms with Crippen LogP contribution in [-0.4, -0.2) is 25.5 Å². The van der Waals surface area contributed by atoms with Gasteiger partial charge in [0.05, 0.1) is 11.4 Å². The van der Waals surface area contributed by atoms with E-state index < -0.39 is 5.91 Å². The topological polar surface area (TPSA) is 96.9 Å². The zero-order chi connectivity index (χ0) is 19.5. The Bertz CT molecular complexity index is 1160. The highest BCUT2D eigenvalue weighted by Crippen LogP contribution is 2.20. The molecular formula is C20H17N7O. The van der Waals surface area contributed by atoms with Crippen molar-refractivity contribution in [3.8, 4) is 0 Å². The molecule has 2 heterocycles. The smallest absolute Gasteiger partial charge is 0.295 e. The standard InChI is InChI=1S/C20H17N7O/c1-13-12-14(2)27-20(21-13)23-18(26-27)19(28)22-15-8-10-17(11-9-15)25-24-16-6-4-3-5-7-16/h3-12H,1-2H3,(H,22,28). The first kappa shape index (κ1) is 17.5. The van der Waals surface area contributed by atoms with Crippen molar-refractivity contribution in [3.05, 3.63) is 77.9 Å². The van der Waals surface area contributed by atoms with E-state index in [0.717, 1.165) is 17.1 Å². The first-order chi connectivity index (χ1) is 13.6. The van der Waals surface area contributed by atoms with E-state index in [1.807, 2.05) is 50.2 Å². The Morgan fingerprint density at radius 3 is 2.32 bits per heavy atom. The summed E-state index contributed by atoms with van der Waals surface area (Å²) in [6.07, 6.45) is 0. The van der Waals surface area contributed by atoms with Crippen LogP contribution in [0.3, 0.4) is 0 Å². The van der Waals surface area contributed by atoms with E-state index in [0.29, 0.717) is 17.2 Å². The van der Waals surface area contributed by atoms with Gasteiger partial charge in [0.1, 0.15) is 0 Å². The number of hydrogen-bond donors (Lipinski definition) is 1. The minimum atomic E-state index is -0.402. The molecule has 0 fully saturated rings. The van der Waals surface area contributed by atoms with Crippen LogP contribution < -0.4 is 5.32 Å². The Morgan fingerprint density at radius 1 is 0.929 bits per heavy atom. The van der Waals surface area contributed by atoms with Crippen molar-refractivity contribution >= 4 is 28.7 Å². The predicted molar refractivity (Wildman–Crippen MR) is 105 cm³/mol. The molecule has 0 aliphatic carbocycles. The van der Waals surface area contributed by atoms with Crippen LogP contribution in [0.25, 0.3) is 5.78 Å². The summed E-state index contributed by atoms with van der Waals surface area (Å²) in [5.41, 5.74) is 3.76. The van der Waals surface area contributed by atoms with Crippen LogP contribution in [0.15, 0.2) is 70.9 Å². The zero-order valence-electron chi connectivity index (χ0n) is 15.4. The maximum atomic E-state index is 12.5. The summed E-state index contributed by atoms with van der Waals surface area (Å²) in [5, 5.41) is 15.3. The maximum Gasteiger partial charge on any atom is 0.295 e. The molecule has 0 radical (unpaired) electrons. The van der Waals surface area contributed by atoms with Gasteiger partial charge in [0.15, 0.2) is 0 Å². The fourth-order valence-electron chi connectivity index (χ4n) is 2.67. The van der Waals surface area contributed by atoms with Gasteiger partial charge in [-0.05, 0) is 56.3 Å². The van der Waals surface area contributed by atoms with Gasteiger partial charge in [-0.15, -0.1) is 5.10 Å². The van der Waals surface area contributed by atoms with Crippen molar-refractivity contribution in [1.82, 2.24) is 19.6 Å². The van der Waals surface area contributed by atoms with Crippen molar-refractivity contribution in [2.24, 2.45) is 10.2 Å². The van der Waals surface area contributed by atoms with Crippen LogP contribution >= 0.6 is 0 Å². The Hall–Kier alpha value is -3.94. The molecule has 4 rings (SSSR count). The molecule has 0 atom stereocenters. The number of amides is 1. The first-order valence-corrected chi connectivity index (χ1v) is 8.68. The second-order valence-electron chi connectivity index (χ2n) is 6.22. The molecule has 2 aromatic carbocycles. The van der Waals surface area contributed by atoms with Crippen LogP contribution in [0, 0.1) is 13.8 Å². The molecule has 4 aromatic rings. The normalized spacial score (nSPS) is 11.2. The van der Waals surface area contributed by atoms with Crippen molar-refractivity contribution in [3.63, 3.8) is 0 Å². The molecule has 2 aromatic heterocycles. The molecule has 1 N–H and O–H groups in total. The van der Waals surface area contributed by atoms with Gasteiger partial charge in [0, 0.05) is 17.1 Å². The van der Waals surface area contributed by atoms with E-state index in [9.17, 15) is 4.79 Å². The van der Waals surface area contributed by atoms with Crippen LogP contribution in [0.1, 0.15) is 22.0 Å². The number of anilines is 1. The highest BCUT2D eigenvalue weighted by molar-refractivity contribution is 6.01. The summed E-state index contributed by atoms with van der Waals surface area (Å²) in [6.45, 7) is 3.76. The van der Waals surface area contributed by atoms with Crippen LogP contribution in [0.5, 0.6) is 0 Å². The first-order valence-electron chi connectivity index (χ1n) is 8.68. The third kappa shape index (κ3) is 3.75. The Morgan fingerprint density at radius 2 is 1.61 bits per heavy atom. The van der Waals surface area contributed by atoms with E-state index in [-0.39, 0.29) is 5.82 Å². The summed E-state index contributed by atoms with van der Waals surface area (Å²) in [4.78, 5) is 21.0. The molecule has 8 heteroatoms. The molecule has 28 heavy (non-hydrogen) atoms. The predicted octanol–water partition coefficient (Wildman–Crippen LogP) is 4.41. The SMILES string of the molecule is Cc1cc(C)n2nc(C(=O)Nc3ccc(N=Nc4ccccc4)cc3)nc2n1. The largest absolute Gasteiger partial charge is 0.319 e. The highest BCUT2D eigenvalue weighted by Gasteiger charge is 2.15. The fourth-order valence-corrected chi connectivity index (χ4v) is 2.67. The maximum absolute atomic E-state index is 12.5. The van der Waals surface area contributed by atoms with Gasteiger partial charge >= 0.3 is 0 Å². The summed E-state index contributed by atoms with van der Waals surface area (Å²) in [5.74, 6) is 0.0644. The van der Waals surface area contributed by atoms with E-state index in [1.165, 1.54) is 0 Å². The van der Waals surface area contributed by atoms with Crippen LogP contribution in [-0.2, 0) is 0 Å². The third-order valence-corrected chi connectivity index (χ3v) is 3.98. The molecule has 0 saturated carbocycles. The van der Waals surface area contributed by atoms with Gasteiger partial charge < -0.3 is 5.32 Å². The average molecular weight is 371 g/mol. The fraction of sp³-hybridized carbons (Fsp3) is 0.100. The number of nitrogens with one attached hydrogen (secondary N) is 1. The average Bonchev–Trinajstić information content (AvgIpc) is 3.13. The van der Waals surface area contributed by atoms with Crippen molar-refractivity contribution in [2.45, 2.75) is 13.8 Å². The van der Waals surface area contributed by atoms with Gasteiger partial charge in [-0.25, -0.2) is 9.50 Å². The van der Waals surface area contributed by atoms with Gasteiger partial charge in [-0.2, -0.15) is 15.2 Å². The third-order valence-electron chi connectivity index (χ3n) is 3.98. The lowest BCUT2D eigenvalue weighted by Gasteiger charge is -2.02. The zero-order valence-corrected chi connectivity index (χ0v) is 15.4. The van der Waals surface area contributed by atoms with E-state index in [2.05, 4.69) is 30.6 Å². The number of rotatable bonds is 4. The van der Waals surface area contributed by atoms with Crippen LogP contribution in [0.4, 0.5) is 17.1 Å². The van der Waals surface area contributed by atoms with Crippen molar-refractivity contribution < 1.29 is 4.79 Å². The minimum Gasteiger partial charge on any atom is -0.319 e. The molecule has 1 amide bonds.